The molecule has 1 aromatic carbocycles. The number of allylic oxidation sites excluding steroid dienone is 3. The number of rotatable bonds is 2. The van der Waals surface area contributed by atoms with E-state index in [0.717, 1.165) is 12.8 Å². The monoisotopic (exact) mass is 272 g/mol. The summed E-state index contributed by atoms with van der Waals surface area (Å²) < 4.78 is 13.0. The number of halogens is 1. The molecule has 1 aromatic rings. The second-order valence-corrected chi connectivity index (χ2v) is 5.88. The predicted octanol–water partition coefficient (Wildman–Crippen LogP) is 3.60. The molecule has 1 aliphatic carbocycles. The third-order valence-corrected chi connectivity index (χ3v) is 4.29. The van der Waals surface area contributed by atoms with Crippen molar-refractivity contribution in [1.29, 1.82) is 0 Å². The Hall–Kier alpha value is -1.77. The van der Waals surface area contributed by atoms with Crippen molar-refractivity contribution in [3.63, 3.8) is 0 Å². The van der Waals surface area contributed by atoms with Gasteiger partial charge < -0.3 is 10.2 Å². The topological polar surface area (TPSA) is 15.3 Å². The van der Waals surface area contributed by atoms with Crippen molar-refractivity contribution in [2.75, 3.05) is 14.1 Å². The van der Waals surface area contributed by atoms with Crippen molar-refractivity contribution in [3.05, 3.63) is 59.2 Å². The fraction of sp³-hybridized carbons (Fsp3) is 0.412. The van der Waals surface area contributed by atoms with E-state index in [1.807, 2.05) is 12.1 Å². The average molecular weight is 272 g/mol. The minimum Gasteiger partial charge on any atom is -0.381 e. The number of fused-ring (bicyclic) bond motifs is 1. The highest BCUT2D eigenvalue weighted by molar-refractivity contribution is 5.31. The van der Waals surface area contributed by atoms with Gasteiger partial charge in [-0.3, -0.25) is 0 Å². The molecule has 3 heteroatoms. The van der Waals surface area contributed by atoms with E-state index in [-0.39, 0.29) is 5.82 Å². The molecule has 0 aromatic heterocycles. The zero-order valence-electron chi connectivity index (χ0n) is 12.1. The molecule has 0 amide bonds. The van der Waals surface area contributed by atoms with Gasteiger partial charge in [0.15, 0.2) is 0 Å². The van der Waals surface area contributed by atoms with Gasteiger partial charge in [0.25, 0.3) is 0 Å². The van der Waals surface area contributed by atoms with Gasteiger partial charge in [0.1, 0.15) is 5.82 Å². The first-order chi connectivity index (χ1) is 9.63. The van der Waals surface area contributed by atoms with Crippen molar-refractivity contribution in [2.24, 2.45) is 5.92 Å². The van der Waals surface area contributed by atoms with Gasteiger partial charge in [-0.05, 0) is 43.0 Å². The molecule has 20 heavy (non-hydrogen) atoms. The van der Waals surface area contributed by atoms with E-state index in [0.29, 0.717) is 12.0 Å². The number of nitrogens with one attached hydrogen (secondary N) is 1. The van der Waals surface area contributed by atoms with Gasteiger partial charge in [0.05, 0.1) is 6.04 Å². The molecule has 1 fully saturated rings. The molecule has 2 aliphatic rings. The molecule has 1 saturated heterocycles. The summed E-state index contributed by atoms with van der Waals surface area (Å²) in [7, 11) is 4.15. The lowest BCUT2D eigenvalue weighted by atomic mass is 9.83. The van der Waals surface area contributed by atoms with Crippen LogP contribution in [0, 0.1) is 11.7 Å². The van der Waals surface area contributed by atoms with Crippen LogP contribution in [0.2, 0.25) is 0 Å². The molecule has 1 aliphatic heterocycles. The number of benzene rings is 1. The van der Waals surface area contributed by atoms with E-state index in [1.165, 1.54) is 23.4 Å². The lowest BCUT2D eigenvalue weighted by molar-refractivity contribution is 0.364. The van der Waals surface area contributed by atoms with Crippen molar-refractivity contribution >= 4 is 0 Å². The zero-order chi connectivity index (χ0) is 14.1. The van der Waals surface area contributed by atoms with E-state index in [9.17, 15) is 4.39 Å². The number of hydrogen-bond acceptors (Lipinski definition) is 2. The lowest BCUT2D eigenvalue weighted by Gasteiger charge is -2.36. The van der Waals surface area contributed by atoms with Crippen LogP contribution < -0.4 is 5.32 Å². The van der Waals surface area contributed by atoms with Crippen LogP contribution >= 0.6 is 0 Å². The first kappa shape index (κ1) is 13.2. The van der Waals surface area contributed by atoms with Gasteiger partial charge in [-0.25, -0.2) is 4.39 Å². The fourth-order valence-corrected chi connectivity index (χ4v) is 3.06. The molecule has 2 unspecified atom stereocenters. The van der Waals surface area contributed by atoms with Crippen LogP contribution in [-0.4, -0.2) is 19.0 Å². The summed E-state index contributed by atoms with van der Waals surface area (Å²) in [6.07, 6.45) is 7.98. The third kappa shape index (κ3) is 2.58. The molecule has 1 N–H and O–H groups in total. The number of nitrogens with zero attached hydrogens (tertiary/aromatic N) is 1. The summed E-state index contributed by atoms with van der Waals surface area (Å²) >= 11 is 0. The Bertz CT molecular complexity index is 543. The Morgan fingerprint density at radius 3 is 2.60 bits per heavy atom. The quantitative estimate of drug-likeness (QED) is 0.885. The highest BCUT2D eigenvalue weighted by Gasteiger charge is 2.27. The summed E-state index contributed by atoms with van der Waals surface area (Å²) in [5, 5.41) is 3.65. The minimum absolute atomic E-state index is 0.169. The van der Waals surface area contributed by atoms with Gasteiger partial charge >= 0.3 is 0 Å². The van der Waals surface area contributed by atoms with Gasteiger partial charge in [-0.15, -0.1) is 0 Å². The number of likely N-dealkylation sites (N-methyl/N-ethyl adjacent to an activating group) is 1. The Morgan fingerprint density at radius 1 is 1.15 bits per heavy atom. The predicted molar refractivity (Wildman–Crippen MR) is 79.5 cm³/mol. The normalized spacial score (nSPS) is 25.1. The first-order valence-electron chi connectivity index (χ1n) is 7.24. The van der Waals surface area contributed by atoms with Gasteiger partial charge in [-0.2, -0.15) is 0 Å². The maximum atomic E-state index is 13.0. The highest BCUT2D eigenvalue weighted by Crippen LogP contribution is 2.36. The zero-order valence-corrected chi connectivity index (χ0v) is 12.1. The van der Waals surface area contributed by atoms with E-state index >= 15 is 0 Å². The van der Waals surface area contributed by atoms with Crippen LogP contribution in [0.25, 0.3) is 0 Å². The Labute approximate surface area is 120 Å². The molecule has 2 nitrogen and oxygen atoms in total. The molecular formula is C17H21FN2. The third-order valence-electron chi connectivity index (χ3n) is 4.29. The first-order valence-corrected chi connectivity index (χ1v) is 7.24. The van der Waals surface area contributed by atoms with Crippen LogP contribution in [0.5, 0.6) is 0 Å². The van der Waals surface area contributed by atoms with Crippen molar-refractivity contribution in [1.82, 2.24) is 10.2 Å². The summed E-state index contributed by atoms with van der Waals surface area (Å²) in [6, 6.07) is 7.17. The molecule has 3 rings (SSSR count). The molecule has 0 radical (unpaired) electrons. The number of hydrogen-bond donors (Lipinski definition) is 1. The molecule has 1 heterocycles. The molecule has 106 valence electrons. The standard InChI is InChI=1S/C17H21FN2/c1-20(2)15-9-5-13-6-10-16(19-17(13)11-15)12-3-7-14(18)8-4-12/h3-4,7-9,11,13,16,19H,5-6,10H2,1-2H3. The lowest BCUT2D eigenvalue weighted by Crippen LogP contribution is -2.33. The number of piperidine rings is 1. The smallest absolute Gasteiger partial charge is 0.123 e. The van der Waals surface area contributed by atoms with Crippen molar-refractivity contribution in [3.8, 4) is 0 Å². The molecule has 0 bridgehead atoms. The minimum atomic E-state index is -0.169. The van der Waals surface area contributed by atoms with E-state index in [2.05, 4.69) is 36.5 Å². The second kappa shape index (κ2) is 5.31. The van der Waals surface area contributed by atoms with Gasteiger partial charge in [0.2, 0.25) is 0 Å². The molecule has 2 atom stereocenters. The molecule has 0 spiro atoms. The summed E-state index contributed by atoms with van der Waals surface area (Å²) in [4.78, 5) is 2.15. The molecular weight excluding hydrogens is 251 g/mol. The Kier molecular flexibility index (Phi) is 3.51. The van der Waals surface area contributed by atoms with Crippen LogP contribution in [-0.2, 0) is 0 Å². The maximum absolute atomic E-state index is 13.0. The van der Waals surface area contributed by atoms with E-state index < -0.39 is 0 Å². The van der Waals surface area contributed by atoms with E-state index in [1.54, 1.807) is 12.1 Å². The second-order valence-electron chi connectivity index (χ2n) is 5.88. The largest absolute Gasteiger partial charge is 0.381 e. The van der Waals surface area contributed by atoms with Gasteiger partial charge in [-0.1, -0.05) is 18.2 Å². The van der Waals surface area contributed by atoms with Crippen LogP contribution in [0.1, 0.15) is 30.9 Å². The summed E-state index contributed by atoms with van der Waals surface area (Å²) in [5.74, 6) is 0.451. The fourth-order valence-electron chi connectivity index (χ4n) is 3.06. The van der Waals surface area contributed by atoms with Crippen molar-refractivity contribution < 1.29 is 4.39 Å². The SMILES string of the molecule is CN(C)C1=CCC2CCC(c3ccc(F)cc3)NC2=C1. The van der Waals surface area contributed by atoms with Crippen molar-refractivity contribution in [2.45, 2.75) is 25.3 Å². The van der Waals surface area contributed by atoms with Crippen LogP contribution in [0.3, 0.4) is 0 Å². The Balaban J connectivity index is 1.79. The van der Waals surface area contributed by atoms with E-state index in [4.69, 9.17) is 0 Å². The highest BCUT2D eigenvalue weighted by atomic mass is 19.1. The maximum Gasteiger partial charge on any atom is 0.123 e. The summed E-state index contributed by atoms with van der Waals surface area (Å²) in [6.45, 7) is 0. The Morgan fingerprint density at radius 2 is 1.90 bits per heavy atom. The molecule has 0 saturated carbocycles. The van der Waals surface area contributed by atoms with Gasteiger partial charge in [0, 0.05) is 31.4 Å². The summed E-state index contributed by atoms with van der Waals surface area (Å²) in [5.41, 5.74) is 3.77. The van der Waals surface area contributed by atoms with Crippen LogP contribution in [0.4, 0.5) is 4.39 Å². The average Bonchev–Trinajstić information content (AvgIpc) is 2.47. The van der Waals surface area contributed by atoms with Crippen LogP contribution in [0.15, 0.2) is 47.8 Å².